The highest BCUT2D eigenvalue weighted by Crippen LogP contribution is 2.24. The minimum atomic E-state index is 0. The van der Waals surface area contributed by atoms with Gasteiger partial charge in [-0.15, -0.1) is 24.8 Å². The molecular weight excluding hydrogens is 435 g/mol. The largest absolute Gasteiger partial charge is 0.486 e. The Morgan fingerprint density at radius 2 is 2.03 bits per heavy atom. The van der Waals surface area contributed by atoms with Crippen molar-refractivity contribution < 1.29 is 9.53 Å². The molecule has 168 valence electrons. The molecule has 1 aliphatic rings. The Balaban J connectivity index is 0.00000171. The van der Waals surface area contributed by atoms with E-state index in [4.69, 9.17) is 4.74 Å². The number of aryl methyl sites for hydroxylation is 1. The molecule has 6 nitrogen and oxygen atoms in total. The van der Waals surface area contributed by atoms with Gasteiger partial charge in [-0.05, 0) is 63.0 Å². The lowest BCUT2D eigenvalue weighted by molar-refractivity contribution is 0.0669. The third-order valence-electron chi connectivity index (χ3n) is 5.52. The molecule has 0 bridgehead atoms. The molecule has 0 aliphatic carbocycles. The minimum absolute atomic E-state index is 0. The Morgan fingerprint density at radius 3 is 2.81 bits per heavy atom. The Kier molecular flexibility index (Phi) is 9.16. The van der Waals surface area contributed by atoms with Gasteiger partial charge < -0.3 is 19.4 Å². The number of carbonyl (C=O) groups excluding carboxylic acids is 1. The molecule has 1 atom stereocenters. The number of ether oxygens (including phenoxy) is 1. The Hall–Kier alpha value is -2.28. The van der Waals surface area contributed by atoms with Crippen molar-refractivity contribution in [3.8, 4) is 5.75 Å². The highest BCUT2D eigenvalue weighted by molar-refractivity contribution is 5.97. The third-order valence-corrected chi connectivity index (χ3v) is 5.52. The van der Waals surface area contributed by atoms with Gasteiger partial charge in [0.25, 0.3) is 5.91 Å². The van der Waals surface area contributed by atoms with E-state index in [9.17, 15) is 4.79 Å². The van der Waals surface area contributed by atoms with Crippen molar-refractivity contribution in [3.05, 3.63) is 65.6 Å². The summed E-state index contributed by atoms with van der Waals surface area (Å²) < 4.78 is 8.04. The maximum absolute atomic E-state index is 13.2. The van der Waals surface area contributed by atoms with E-state index in [1.54, 1.807) is 0 Å². The van der Waals surface area contributed by atoms with E-state index < -0.39 is 0 Å². The van der Waals surface area contributed by atoms with Crippen molar-refractivity contribution in [1.82, 2.24) is 19.6 Å². The number of halogens is 2. The number of pyridine rings is 1. The molecule has 1 fully saturated rings. The summed E-state index contributed by atoms with van der Waals surface area (Å²) in [6.45, 7) is 4.91. The zero-order chi connectivity index (χ0) is 20.2. The van der Waals surface area contributed by atoms with Crippen LogP contribution in [0.15, 0.2) is 48.8 Å². The Labute approximate surface area is 195 Å². The minimum Gasteiger partial charge on any atom is -0.486 e. The van der Waals surface area contributed by atoms with Gasteiger partial charge in [-0.3, -0.25) is 4.79 Å². The molecule has 2 aromatic heterocycles. The number of rotatable bonds is 6. The summed E-state index contributed by atoms with van der Waals surface area (Å²) in [5.74, 6) is 1.17. The van der Waals surface area contributed by atoms with E-state index in [1.807, 2.05) is 72.1 Å². The molecule has 1 N–H and O–H groups in total. The fourth-order valence-corrected chi connectivity index (χ4v) is 4.07. The van der Waals surface area contributed by atoms with E-state index in [1.165, 1.54) is 0 Å². The van der Waals surface area contributed by atoms with Gasteiger partial charge in [0, 0.05) is 25.5 Å². The van der Waals surface area contributed by atoms with Gasteiger partial charge in [-0.2, -0.15) is 0 Å². The number of carbonyl (C=O) groups is 1. The molecule has 3 heterocycles. The molecule has 0 radical (unpaired) electrons. The summed E-state index contributed by atoms with van der Waals surface area (Å²) in [5, 5.41) is 3.23. The average molecular weight is 465 g/mol. The molecule has 3 aromatic rings. The number of para-hydroxylation sites is 1. The molecule has 0 spiro atoms. The fraction of sp³-hybridized carbons (Fsp3) is 0.391. The van der Waals surface area contributed by atoms with Crippen LogP contribution in [0.25, 0.3) is 5.65 Å². The topological polar surface area (TPSA) is 58.9 Å². The van der Waals surface area contributed by atoms with Crippen LogP contribution in [0.2, 0.25) is 0 Å². The van der Waals surface area contributed by atoms with Crippen LogP contribution in [0.5, 0.6) is 5.75 Å². The molecule has 8 heteroatoms. The molecule has 1 unspecified atom stereocenters. The predicted octanol–water partition coefficient (Wildman–Crippen LogP) is 4.14. The SMILES string of the molecule is CNCC1CCCN(C(=O)c2ccccc2OCc2cn3cccc(C)c3n2)C1.Cl.Cl. The smallest absolute Gasteiger partial charge is 0.257 e. The molecular formula is C23H30Cl2N4O2. The van der Waals surface area contributed by atoms with Crippen molar-refractivity contribution >= 4 is 36.4 Å². The normalized spacial score (nSPS) is 15.8. The van der Waals surface area contributed by atoms with Crippen LogP contribution in [0.1, 0.15) is 34.5 Å². The number of piperidine rings is 1. The van der Waals surface area contributed by atoms with Crippen LogP contribution in [0.3, 0.4) is 0 Å². The molecule has 1 saturated heterocycles. The quantitative estimate of drug-likeness (QED) is 0.595. The molecule has 31 heavy (non-hydrogen) atoms. The lowest BCUT2D eigenvalue weighted by Gasteiger charge is -2.33. The Bertz CT molecular complexity index is 1010. The maximum Gasteiger partial charge on any atom is 0.257 e. The summed E-state index contributed by atoms with van der Waals surface area (Å²) in [6.07, 6.45) is 6.16. The average Bonchev–Trinajstić information content (AvgIpc) is 3.17. The number of hydrogen-bond donors (Lipinski definition) is 1. The van der Waals surface area contributed by atoms with Gasteiger partial charge in [0.05, 0.1) is 11.3 Å². The van der Waals surface area contributed by atoms with Crippen LogP contribution < -0.4 is 10.1 Å². The number of likely N-dealkylation sites (tertiary alicyclic amines) is 1. The van der Waals surface area contributed by atoms with Crippen LogP contribution in [0.4, 0.5) is 0 Å². The summed E-state index contributed by atoms with van der Waals surface area (Å²) in [5.41, 5.74) is 3.51. The van der Waals surface area contributed by atoms with Crippen LogP contribution in [-0.4, -0.2) is 46.9 Å². The number of benzene rings is 1. The summed E-state index contributed by atoms with van der Waals surface area (Å²) >= 11 is 0. The third kappa shape index (κ3) is 5.70. The van der Waals surface area contributed by atoms with Gasteiger partial charge in [0.1, 0.15) is 18.0 Å². The Morgan fingerprint density at radius 1 is 1.23 bits per heavy atom. The van der Waals surface area contributed by atoms with E-state index >= 15 is 0 Å². The number of hydrogen-bond acceptors (Lipinski definition) is 4. The van der Waals surface area contributed by atoms with Gasteiger partial charge in [-0.25, -0.2) is 4.98 Å². The zero-order valence-electron chi connectivity index (χ0n) is 17.9. The number of aromatic nitrogens is 2. The first-order chi connectivity index (χ1) is 14.2. The van der Waals surface area contributed by atoms with Gasteiger partial charge in [0.2, 0.25) is 0 Å². The highest BCUT2D eigenvalue weighted by Gasteiger charge is 2.26. The summed E-state index contributed by atoms with van der Waals surface area (Å²) in [4.78, 5) is 19.8. The van der Waals surface area contributed by atoms with E-state index in [0.29, 0.717) is 23.8 Å². The number of nitrogens with zero attached hydrogens (tertiary/aromatic N) is 3. The van der Waals surface area contributed by atoms with Gasteiger partial charge >= 0.3 is 0 Å². The second-order valence-corrected chi connectivity index (χ2v) is 7.76. The molecule has 1 aliphatic heterocycles. The number of fused-ring (bicyclic) bond motifs is 1. The second-order valence-electron chi connectivity index (χ2n) is 7.76. The van der Waals surface area contributed by atoms with E-state index in [2.05, 4.69) is 10.3 Å². The van der Waals surface area contributed by atoms with Crippen molar-refractivity contribution in [3.63, 3.8) is 0 Å². The monoisotopic (exact) mass is 464 g/mol. The zero-order valence-corrected chi connectivity index (χ0v) is 19.5. The fourth-order valence-electron chi connectivity index (χ4n) is 4.07. The molecule has 0 saturated carbocycles. The lowest BCUT2D eigenvalue weighted by atomic mass is 9.97. The molecule has 1 amide bonds. The van der Waals surface area contributed by atoms with Crippen molar-refractivity contribution in [2.75, 3.05) is 26.7 Å². The number of nitrogens with one attached hydrogen (secondary N) is 1. The summed E-state index contributed by atoms with van der Waals surface area (Å²) in [7, 11) is 1.96. The maximum atomic E-state index is 13.2. The number of amides is 1. The van der Waals surface area contributed by atoms with Gasteiger partial charge in [0.15, 0.2) is 0 Å². The van der Waals surface area contributed by atoms with Crippen molar-refractivity contribution in [2.45, 2.75) is 26.4 Å². The highest BCUT2D eigenvalue weighted by atomic mass is 35.5. The van der Waals surface area contributed by atoms with E-state index in [-0.39, 0.29) is 30.7 Å². The predicted molar refractivity (Wildman–Crippen MR) is 128 cm³/mol. The molecule has 4 rings (SSSR count). The first-order valence-electron chi connectivity index (χ1n) is 10.2. The lowest BCUT2D eigenvalue weighted by Crippen LogP contribution is -2.42. The van der Waals surface area contributed by atoms with Crippen LogP contribution >= 0.6 is 24.8 Å². The van der Waals surface area contributed by atoms with Crippen LogP contribution in [0, 0.1) is 12.8 Å². The molecule has 1 aromatic carbocycles. The second kappa shape index (κ2) is 11.4. The van der Waals surface area contributed by atoms with Gasteiger partial charge in [-0.1, -0.05) is 18.2 Å². The van der Waals surface area contributed by atoms with Crippen molar-refractivity contribution in [2.24, 2.45) is 5.92 Å². The van der Waals surface area contributed by atoms with E-state index in [0.717, 1.165) is 49.4 Å². The first kappa shape index (κ1) is 25.0. The first-order valence-corrected chi connectivity index (χ1v) is 10.2. The number of imidazole rings is 1. The standard InChI is InChI=1S/C23H28N4O2.2ClH/c1-17-7-5-11-26-15-19(25-22(17)26)16-29-21-10-4-3-9-20(21)23(28)27-12-6-8-18(14-27)13-24-2;;/h3-5,7,9-11,15,18,24H,6,8,12-14,16H2,1-2H3;2*1H. The van der Waals surface area contributed by atoms with Crippen molar-refractivity contribution in [1.29, 1.82) is 0 Å². The van der Waals surface area contributed by atoms with Crippen LogP contribution in [-0.2, 0) is 6.61 Å². The summed E-state index contributed by atoms with van der Waals surface area (Å²) in [6, 6.07) is 11.6.